The maximum atomic E-state index is 13.6. The Hall–Kier alpha value is -6.67. The number of hydroxylamine groups is 2. The molecule has 7 aliphatic rings. The third-order valence-electron chi connectivity index (χ3n) is 18.4. The number of anilines is 1. The van der Waals surface area contributed by atoms with Gasteiger partial charge in [0.05, 0.1) is 61.8 Å². The minimum absolute atomic E-state index is 0.00590. The summed E-state index contributed by atoms with van der Waals surface area (Å²) in [5.74, 6) is -2.48. The summed E-state index contributed by atoms with van der Waals surface area (Å²) < 4.78 is 112. The Balaban J connectivity index is 0.000000183. The van der Waals surface area contributed by atoms with Gasteiger partial charge in [0.1, 0.15) is 24.1 Å². The van der Waals surface area contributed by atoms with Crippen molar-refractivity contribution in [3.63, 3.8) is 0 Å². The van der Waals surface area contributed by atoms with Gasteiger partial charge >= 0.3 is 18.1 Å². The number of imide groups is 1. The van der Waals surface area contributed by atoms with Gasteiger partial charge in [0.15, 0.2) is 18.9 Å². The predicted octanol–water partition coefficient (Wildman–Crippen LogP) is 7.22. The van der Waals surface area contributed by atoms with Crippen LogP contribution in [0.15, 0.2) is 119 Å². The van der Waals surface area contributed by atoms with Gasteiger partial charge in [-0.15, -0.1) is 0 Å². The molecule has 4 aromatic carbocycles. The molecule has 0 bridgehead atoms. The van der Waals surface area contributed by atoms with Gasteiger partial charge in [-0.2, -0.15) is 8.61 Å². The summed E-state index contributed by atoms with van der Waals surface area (Å²) in [7, 11) is -6.30. The molecular formula is C71H96N4O22S2. The number of rotatable bonds is 27. The number of carbonyl (C=O) groups is 5. The van der Waals surface area contributed by atoms with Gasteiger partial charge in [0.25, 0.3) is 11.8 Å². The lowest BCUT2D eigenvalue weighted by atomic mass is 9.90. The highest BCUT2D eigenvalue weighted by Crippen LogP contribution is 2.37. The SMILES string of the molecule is CC(C)CN(C[C@@H](O)[C@@H](CC(=O)O[C@@H]1CO[C@@H]2OCCC[C@@H]21)Cc1ccccc1)S(=O)(=O)c1ccc(N)cc1.COc1ccc(S(=O)(=O)N(CC(C)C)C[C@@H](O)[C@@H](CC(=O)O[C@@H]2CO[C@@H]3OCCC[C@@H]32)Cc2ccccc2)cc1.O=C(O[C@@H]1CO[C@@H]2OCCC[C@@H]21)ON1C(=O)CCC1=O. The molecule has 11 rings (SSSR count). The average molecular weight is 1420 g/mol. The van der Waals surface area contributed by atoms with Crippen LogP contribution in [0.1, 0.15) is 103 Å². The zero-order valence-corrected chi connectivity index (χ0v) is 58.5. The van der Waals surface area contributed by atoms with Crippen LogP contribution in [0, 0.1) is 41.4 Å². The Bertz CT molecular complexity index is 3470. The molecule has 7 aliphatic heterocycles. The van der Waals surface area contributed by atoms with E-state index < -0.39 is 80.1 Å². The molecule has 0 saturated carbocycles. The number of nitrogen functional groups attached to an aromatic ring is 1. The van der Waals surface area contributed by atoms with E-state index in [0.717, 1.165) is 49.7 Å². The number of fused-ring (bicyclic) bond motifs is 3. The minimum atomic E-state index is -3.91. The van der Waals surface area contributed by atoms with E-state index in [1.807, 2.05) is 88.4 Å². The highest BCUT2D eigenvalue weighted by molar-refractivity contribution is 7.89. The van der Waals surface area contributed by atoms with Crippen molar-refractivity contribution in [3.8, 4) is 5.75 Å². The van der Waals surface area contributed by atoms with Gasteiger partial charge in [0.2, 0.25) is 20.0 Å². The molecule has 0 aromatic heterocycles. The molecule has 7 saturated heterocycles. The lowest BCUT2D eigenvalue weighted by Gasteiger charge is -2.30. The van der Waals surface area contributed by atoms with Crippen LogP contribution >= 0.6 is 0 Å². The summed E-state index contributed by atoms with van der Waals surface area (Å²) >= 11 is 0. The van der Waals surface area contributed by atoms with Crippen molar-refractivity contribution in [2.24, 2.45) is 41.4 Å². The molecule has 26 nitrogen and oxygen atoms in total. The van der Waals surface area contributed by atoms with E-state index >= 15 is 0 Å². The Morgan fingerprint density at radius 2 is 0.909 bits per heavy atom. The summed E-state index contributed by atoms with van der Waals surface area (Å²) in [4.78, 5) is 65.4. The summed E-state index contributed by atoms with van der Waals surface area (Å²) in [6, 6.07) is 31.3. The first kappa shape index (κ1) is 76.5. The Morgan fingerprint density at radius 1 is 0.535 bits per heavy atom. The Kier molecular flexibility index (Phi) is 28.0. The molecule has 2 amide bonds. The summed E-state index contributed by atoms with van der Waals surface area (Å²) in [5, 5.41) is 23.4. The molecule has 7 heterocycles. The first-order valence-corrected chi connectivity index (χ1v) is 37.1. The zero-order valence-electron chi connectivity index (χ0n) is 56.9. The smallest absolute Gasteiger partial charge is 0.497 e. The lowest BCUT2D eigenvalue weighted by Crippen LogP contribution is -2.43. The third kappa shape index (κ3) is 21.4. The number of aliphatic hydroxyl groups is 2. The number of benzene rings is 4. The zero-order chi connectivity index (χ0) is 70.8. The summed E-state index contributed by atoms with van der Waals surface area (Å²) in [6.07, 6.45) is 0.461. The molecule has 13 atom stereocenters. The van der Waals surface area contributed by atoms with Crippen LogP contribution < -0.4 is 10.5 Å². The molecular weight excluding hydrogens is 1320 g/mol. The van der Waals surface area contributed by atoms with Crippen molar-refractivity contribution in [2.45, 2.75) is 164 Å². The van der Waals surface area contributed by atoms with Gasteiger partial charge in [-0.05, 0) is 123 Å². The first-order chi connectivity index (χ1) is 47.4. The molecule has 28 heteroatoms. The number of aliphatic hydroxyl groups excluding tert-OH is 2. The number of amides is 2. The number of nitrogens with two attached hydrogens (primary N) is 1. The van der Waals surface area contributed by atoms with E-state index in [9.17, 15) is 51.0 Å². The number of methoxy groups -OCH3 is 1. The maximum Gasteiger partial charge on any atom is 0.534 e. The molecule has 0 unspecified atom stereocenters. The van der Waals surface area contributed by atoms with Crippen molar-refractivity contribution < 1.29 is 103 Å². The average Bonchev–Trinajstić information content (AvgIpc) is 1.68. The van der Waals surface area contributed by atoms with E-state index in [2.05, 4.69) is 4.84 Å². The monoisotopic (exact) mass is 1420 g/mol. The number of esters is 2. The van der Waals surface area contributed by atoms with Crippen LogP contribution in [0.4, 0.5) is 10.5 Å². The second-order valence-electron chi connectivity index (χ2n) is 26.9. The normalized spacial score (nSPS) is 24.9. The lowest BCUT2D eigenvalue weighted by molar-refractivity contribution is -0.179. The van der Waals surface area contributed by atoms with Crippen molar-refractivity contribution in [1.29, 1.82) is 0 Å². The molecule has 99 heavy (non-hydrogen) atoms. The number of sulfonamides is 2. The molecule has 4 N–H and O–H groups in total. The van der Waals surface area contributed by atoms with Crippen LogP contribution in [0.2, 0.25) is 0 Å². The fraction of sp³-hybridized carbons (Fsp3) is 0.592. The number of hydrogen-bond acceptors (Lipinski definition) is 23. The van der Waals surface area contributed by atoms with Crippen LogP contribution in [-0.2, 0) is 99.5 Å². The van der Waals surface area contributed by atoms with Gasteiger partial charge < -0.3 is 63.3 Å². The minimum Gasteiger partial charge on any atom is -0.497 e. The van der Waals surface area contributed by atoms with E-state index in [-0.39, 0.29) is 142 Å². The highest BCUT2D eigenvalue weighted by Gasteiger charge is 2.46. The molecule has 0 radical (unpaired) electrons. The van der Waals surface area contributed by atoms with Gasteiger partial charge in [-0.25, -0.2) is 21.6 Å². The third-order valence-corrected chi connectivity index (χ3v) is 22.1. The Morgan fingerprint density at radius 3 is 1.28 bits per heavy atom. The molecule has 7 fully saturated rings. The van der Waals surface area contributed by atoms with E-state index in [1.165, 1.54) is 40.0 Å². The fourth-order valence-corrected chi connectivity index (χ4v) is 16.5. The molecule has 0 aliphatic carbocycles. The van der Waals surface area contributed by atoms with Gasteiger partial charge in [-0.3, -0.25) is 24.0 Å². The summed E-state index contributed by atoms with van der Waals surface area (Å²) in [6.45, 7) is 10.5. The van der Waals surface area contributed by atoms with Crippen LogP contribution in [-0.4, -0.2) is 193 Å². The maximum absolute atomic E-state index is 13.6. The van der Waals surface area contributed by atoms with E-state index in [1.54, 1.807) is 24.3 Å². The van der Waals surface area contributed by atoms with Crippen LogP contribution in [0.25, 0.3) is 0 Å². The topological polar surface area (TPSA) is 331 Å². The van der Waals surface area contributed by atoms with Crippen LogP contribution in [0.5, 0.6) is 5.75 Å². The van der Waals surface area contributed by atoms with Gasteiger partial charge in [0, 0.05) is 94.1 Å². The van der Waals surface area contributed by atoms with E-state index in [0.29, 0.717) is 49.2 Å². The predicted molar refractivity (Wildman–Crippen MR) is 357 cm³/mol. The highest BCUT2D eigenvalue weighted by atomic mass is 32.2. The number of carbonyl (C=O) groups excluding carboxylic acids is 5. The van der Waals surface area contributed by atoms with Crippen molar-refractivity contribution in [1.82, 2.24) is 13.7 Å². The number of nitrogens with zero attached hydrogens (tertiary/aromatic N) is 3. The van der Waals surface area contributed by atoms with Gasteiger partial charge in [-0.1, -0.05) is 93.4 Å². The Labute approximate surface area is 579 Å². The largest absolute Gasteiger partial charge is 0.534 e. The van der Waals surface area contributed by atoms with Crippen LogP contribution in [0.3, 0.4) is 0 Å². The first-order valence-electron chi connectivity index (χ1n) is 34.2. The molecule has 544 valence electrons. The standard InChI is InChI=1S/C30H41NO8S.C29H40N2O7S.C12H15NO7/c1-21(2)18-31(40(34,35)25-13-11-24(36-3)12-14-25)19-27(32)23(16-22-8-5-4-6-9-22)17-29(33)39-28-20-38-30-26(28)10-7-15-37-30;1-20(2)17-31(39(34,35)24-12-10-23(30)11-13-24)18-26(32)22(15-21-7-4-3-5-8-21)16-28(33)38-27-19-37-29-25(27)9-6-14-36-29;14-9-3-4-10(15)13(9)20-12(16)19-8-6-18-11-7(8)2-1-5-17-11/h4-6,8-9,11-14,21,23,26-28,30,32H,7,10,15-20H2,1-3H3;3-5,7-8,10-13,20,22,25-27,29,32H,6,9,14-19,30H2,1-2H3;7-8,11H,1-6H2/t23-,26-,27-,28-,30+;22-,25-,26-,27-,29+;7-,8-,11+/m111/s1. The second kappa shape index (κ2) is 36.3. The molecule has 0 spiro atoms. The molecule has 4 aromatic rings. The number of ether oxygens (including phenoxy) is 10. The van der Waals surface area contributed by atoms with Crippen molar-refractivity contribution in [3.05, 3.63) is 120 Å². The fourth-order valence-electron chi connectivity index (χ4n) is 13.3. The van der Waals surface area contributed by atoms with Crippen molar-refractivity contribution in [2.75, 3.05) is 78.7 Å². The second-order valence-corrected chi connectivity index (χ2v) is 30.8. The van der Waals surface area contributed by atoms with E-state index in [4.69, 9.17) is 53.1 Å². The number of hydrogen-bond donors (Lipinski definition) is 3. The van der Waals surface area contributed by atoms with Crippen molar-refractivity contribution >= 4 is 55.6 Å². The quantitative estimate of drug-likeness (QED) is 0.0229. The summed E-state index contributed by atoms with van der Waals surface area (Å²) in [5.41, 5.74) is 8.10.